The van der Waals surface area contributed by atoms with Gasteiger partial charge in [-0.1, -0.05) is 37.8 Å². The zero-order chi connectivity index (χ0) is 17.5. The van der Waals surface area contributed by atoms with Gasteiger partial charge in [-0.05, 0) is 25.0 Å². The molecule has 1 saturated carbocycles. The lowest BCUT2D eigenvalue weighted by atomic mass is 10.1. The highest BCUT2D eigenvalue weighted by Crippen LogP contribution is 2.26. The number of carbonyl (C=O) groups excluding carboxylic acids is 1. The van der Waals surface area contributed by atoms with Crippen LogP contribution in [0.25, 0.3) is 0 Å². The number of piperazine rings is 1. The molecule has 1 aromatic carbocycles. The number of hydrogen-bond donors (Lipinski definition) is 0. The third-order valence-electron chi connectivity index (χ3n) is 5.43. The molecule has 0 spiro atoms. The number of benzene rings is 1. The lowest BCUT2D eigenvalue weighted by molar-refractivity contribution is -0.135. The first kappa shape index (κ1) is 18.1. The summed E-state index contributed by atoms with van der Waals surface area (Å²) in [5.74, 6) is 1.34. The minimum Gasteiger partial charge on any atom is -0.493 e. The van der Waals surface area contributed by atoms with Gasteiger partial charge in [0, 0.05) is 32.2 Å². The Kier molecular flexibility index (Phi) is 6.56. The van der Waals surface area contributed by atoms with Crippen LogP contribution in [-0.2, 0) is 4.79 Å². The fourth-order valence-electron chi connectivity index (χ4n) is 3.93. The van der Waals surface area contributed by atoms with Gasteiger partial charge in [-0.25, -0.2) is 0 Å². The lowest BCUT2D eigenvalue weighted by Crippen LogP contribution is -2.52. The van der Waals surface area contributed by atoms with E-state index in [9.17, 15) is 4.79 Å². The Morgan fingerprint density at radius 2 is 1.64 bits per heavy atom. The van der Waals surface area contributed by atoms with Crippen LogP contribution < -0.4 is 9.47 Å². The van der Waals surface area contributed by atoms with Crippen molar-refractivity contribution in [1.29, 1.82) is 0 Å². The normalized spacial score (nSPS) is 20.1. The average Bonchev–Trinajstić information content (AvgIpc) is 2.96. The summed E-state index contributed by atoms with van der Waals surface area (Å²) in [4.78, 5) is 17.0. The van der Waals surface area contributed by atoms with Crippen molar-refractivity contribution in [3.63, 3.8) is 0 Å². The number of rotatable bonds is 5. The molecule has 1 saturated heterocycles. The molecular weight excluding hydrogens is 316 g/mol. The minimum absolute atomic E-state index is 0.0615. The molecule has 138 valence electrons. The predicted molar refractivity (Wildman–Crippen MR) is 98.1 cm³/mol. The fourth-order valence-corrected chi connectivity index (χ4v) is 3.93. The smallest absolute Gasteiger partial charge is 0.260 e. The van der Waals surface area contributed by atoms with E-state index in [4.69, 9.17) is 9.47 Å². The van der Waals surface area contributed by atoms with Crippen molar-refractivity contribution in [3.8, 4) is 11.5 Å². The number of nitrogens with zero attached hydrogens (tertiary/aromatic N) is 2. The van der Waals surface area contributed by atoms with Crippen molar-refractivity contribution in [3.05, 3.63) is 24.3 Å². The van der Waals surface area contributed by atoms with Crippen LogP contribution in [0.5, 0.6) is 11.5 Å². The molecule has 2 aliphatic rings. The van der Waals surface area contributed by atoms with Crippen molar-refractivity contribution < 1.29 is 14.3 Å². The van der Waals surface area contributed by atoms with Crippen LogP contribution in [0.4, 0.5) is 0 Å². The van der Waals surface area contributed by atoms with Crippen LogP contribution in [0, 0.1) is 0 Å². The first-order valence-corrected chi connectivity index (χ1v) is 9.55. The van der Waals surface area contributed by atoms with E-state index < -0.39 is 0 Å². The maximum atomic E-state index is 12.5. The number of carbonyl (C=O) groups is 1. The van der Waals surface area contributed by atoms with Crippen molar-refractivity contribution in [2.45, 2.75) is 44.6 Å². The van der Waals surface area contributed by atoms with Crippen LogP contribution in [0.1, 0.15) is 38.5 Å². The molecule has 5 heteroatoms. The maximum Gasteiger partial charge on any atom is 0.260 e. The Bertz CT molecular complexity index is 548. The first-order chi connectivity index (χ1) is 12.3. The highest BCUT2D eigenvalue weighted by molar-refractivity contribution is 5.78. The molecule has 1 aliphatic carbocycles. The SMILES string of the molecule is COc1ccccc1OCC(=O)N1CCN(C2CCCCCC2)CC1. The van der Waals surface area contributed by atoms with Crippen molar-refractivity contribution >= 4 is 5.91 Å². The summed E-state index contributed by atoms with van der Waals surface area (Å²) in [5, 5.41) is 0. The van der Waals surface area contributed by atoms with Gasteiger partial charge in [0.25, 0.3) is 5.91 Å². The summed E-state index contributed by atoms with van der Waals surface area (Å²) in [7, 11) is 1.61. The van der Waals surface area contributed by atoms with Crippen molar-refractivity contribution in [2.24, 2.45) is 0 Å². The molecule has 1 aliphatic heterocycles. The maximum absolute atomic E-state index is 12.5. The predicted octanol–water partition coefficient (Wildman–Crippen LogP) is 2.94. The zero-order valence-electron chi connectivity index (χ0n) is 15.3. The van der Waals surface area contributed by atoms with Gasteiger partial charge in [0.2, 0.25) is 0 Å². The van der Waals surface area contributed by atoms with Crippen LogP contribution in [0.2, 0.25) is 0 Å². The van der Waals surface area contributed by atoms with Gasteiger partial charge in [-0.3, -0.25) is 9.69 Å². The minimum atomic E-state index is 0.0615. The molecule has 1 amide bonds. The van der Waals surface area contributed by atoms with Gasteiger partial charge >= 0.3 is 0 Å². The highest BCUT2D eigenvalue weighted by atomic mass is 16.5. The third kappa shape index (κ3) is 4.88. The Labute approximate surface area is 150 Å². The van der Waals surface area contributed by atoms with Crippen LogP contribution in [0.15, 0.2) is 24.3 Å². The molecule has 25 heavy (non-hydrogen) atoms. The van der Waals surface area contributed by atoms with Gasteiger partial charge in [-0.2, -0.15) is 0 Å². The average molecular weight is 346 g/mol. The van der Waals surface area contributed by atoms with E-state index in [2.05, 4.69) is 4.90 Å². The van der Waals surface area contributed by atoms with Gasteiger partial charge in [0.15, 0.2) is 18.1 Å². The molecule has 0 atom stereocenters. The number of amides is 1. The van der Waals surface area contributed by atoms with Gasteiger partial charge in [0.1, 0.15) is 0 Å². The number of methoxy groups -OCH3 is 1. The lowest BCUT2D eigenvalue weighted by Gasteiger charge is -2.39. The zero-order valence-corrected chi connectivity index (χ0v) is 15.3. The molecule has 3 rings (SSSR count). The molecular formula is C20H30N2O3. The number of ether oxygens (including phenoxy) is 2. The van der Waals surface area contributed by atoms with Crippen LogP contribution in [0.3, 0.4) is 0 Å². The summed E-state index contributed by atoms with van der Waals surface area (Å²) in [6, 6.07) is 8.17. The van der Waals surface area contributed by atoms with Crippen molar-refractivity contribution in [1.82, 2.24) is 9.80 Å². The summed E-state index contributed by atoms with van der Waals surface area (Å²) in [6.45, 7) is 3.68. The second kappa shape index (κ2) is 9.09. The van der Waals surface area contributed by atoms with Gasteiger partial charge in [-0.15, -0.1) is 0 Å². The summed E-state index contributed by atoms with van der Waals surface area (Å²) in [6.07, 6.45) is 8.13. The molecule has 5 nitrogen and oxygen atoms in total. The van der Waals surface area contributed by atoms with E-state index in [1.807, 2.05) is 29.2 Å². The Morgan fingerprint density at radius 1 is 1.00 bits per heavy atom. The molecule has 1 heterocycles. The highest BCUT2D eigenvalue weighted by Gasteiger charge is 2.26. The summed E-state index contributed by atoms with van der Waals surface area (Å²) < 4.78 is 10.9. The molecule has 1 aromatic rings. The van der Waals surface area contributed by atoms with E-state index in [-0.39, 0.29) is 12.5 Å². The van der Waals surface area contributed by atoms with E-state index in [1.165, 1.54) is 38.5 Å². The quantitative estimate of drug-likeness (QED) is 0.769. The van der Waals surface area contributed by atoms with Gasteiger partial charge in [0.05, 0.1) is 7.11 Å². The van der Waals surface area contributed by atoms with E-state index >= 15 is 0 Å². The third-order valence-corrected chi connectivity index (χ3v) is 5.43. The second-order valence-electron chi connectivity index (χ2n) is 7.00. The van der Waals surface area contributed by atoms with Crippen LogP contribution in [-0.4, -0.2) is 61.6 Å². The van der Waals surface area contributed by atoms with E-state index in [0.29, 0.717) is 11.5 Å². The molecule has 0 bridgehead atoms. The Hall–Kier alpha value is -1.75. The molecule has 0 N–H and O–H groups in total. The fraction of sp³-hybridized carbons (Fsp3) is 0.650. The number of hydrogen-bond acceptors (Lipinski definition) is 4. The number of para-hydroxylation sites is 2. The molecule has 0 radical (unpaired) electrons. The summed E-state index contributed by atoms with van der Waals surface area (Å²) >= 11 is 0. The largest absolute Gasteiger partial charge is 0.493 e. The van der Waals surface area contributed by atoms with E-state index in [1.54, 1.807) is 7.11 Å². The topological polar surface area (TPSA) is 42.0 Å². The molecule has 0 unspecified atom stereocenters. The molecule has 0 aromatic heterocycles. The second-order valence-corrected chi connectivity index (χ2v) is 7.00. The Morgan fingerprint density at radius 3 is 2.28 bits per heavy atom. The van der Waals surface area contributed by atoms with Crippen LogP contribution >= 0.6 is 0 Å². The van der Waals surface area contributed by atoms with Gasteiger partial charge < -0.3 is 14.4 Å². The van der Waals surface area contributed by atoms with E-state index in [0.717, 1.165) is 32.2 Å². The van der Waals surface area contributed by atoms with Crippen molar-refractivity contribution in [2.75, 3.05) is 39.9 Å². The first-order valence-electron chi connectivity index (χ1n) is 9.55. The summed E-state index contributed by atoms with van der Waals surface area (Å²) in [5.41, 5.74) is 0. The molecule has 2 fully saturated rings. The Balaban J connectivity index is 1.45. The monoisotopic (exact) mass is 346 g/mol. The standard InChI is InChI=1S/C20H30N2O3/c1-24-18-10-6-7-11-19(18)25-16-20(23)22-14-12-21(13-15-22)17-8-4-2-3-5-9-17/h6-7,10-11,17H,2-5,8-9,12-16H2,1H3.